The molecule has 1 unspecified atom stereocenters. The van der Waals surface area contributed by atoms with Gasteiger partial charge in [-0.2, -0.15) is 0 Å². The number of benzene rings is 1. The van der Waals surface area contributed by atoms with Gasteiger partial charge < -0.3 is 10.1 Å². The Morgan fingerprint density at radius 1 is 1.32 bits per heavy atom. The molecular formula is C15H22N2O2. The van der Waals surface area contributed by atoms with Crippen molar-refractivity contribution < 1.29 is 9.53 Å². The highest BCUT2D eigenvalue weighted by Gasteiger charge is 2.21. The van der Waals surface area contributed by atoms with E-state index in [1.54, 1.807) is 7.05 Å². The highest BCUT2D eigenvalue weighted by Crippen LogP contribution is 2.25. The number of rotatable bonds is 2. The van der Waals surface area contributed by atoms with Gasteiger partial charge in [-0.25, -0.2) is 4.79 Å². The number of nitrogens with zero attached hydrogens (tertiary/aromatic N) is 1. The highest BCUT2D eigenvalue weighted by atomic mass is 16.6. The summed E-state index contributed by atoms with van der Waals surface area (Å²) in [5.74, 6) is 0. The quantitative estimate of drug-likeness (QED) is 0.890. The molecule has 1 aromatic rings. The first kappa shape index (κ1) is 13.9. The standard InChI is InChI=1S/C15H22N2O2/c1-15(2,3)19-14(18)17(4)12-7-5-11(6-8-12)13-9-10-16-13/h5-8,13,16H,9-10H2,1-4H3. The van der Waals surface area contributed by atoms with Crippen LogP contribution < -0.4 is 10.2 Å². The van der Waals surface area contributed by atoms with Crippen LogP contribution in [0.3, 0.4) is 0 Å². The van der Waals surface area contributed by atoms with Crippen LogP contribution in [0.2, 0.25) is 0 Å². The number of ether oxygens (including phenoxy) is 1. The van der Waals surface area contributed by atoms with E-state index < -0.39 is 5.60 Å². The first-order valence-corrected chi connectivity index (χ1v) is 6.67. The Bertz CT molecular complexity index is 444. The minimum atomic E-state index is -0.471. The van der Waals surface area contributed by atoms with E-state index in [9.17, 15) is 4.79 Å². The van der Waals surface area contributed by atoms with Crippen molar-refractivity contribution in [2.75, 3.05) is 18.5 Å². The molecule has 1 saturated heterocycles. The second kappa shape index (κ2) is 5.21. The molecule has 1 N–H and O–H groups in total. The molecule has 0 saturated carbocycles. The van der Waals surface area contributed by atoms with E-state index in [1.807, 2.05) is 32.9 Å². The zero-order chi connectivity index (χ0) is 14.0. The van der Waals surface area contributed by atoms with E-state index in [0.717, 1.165) is 12.2 Å². The molecule has 1 heterocycles. The Balaban J connectivity index is 2.02. The van der Waals surface area contributed by atoms with Crippen LogP contribution in [0.25, 0.3) is 0 Å². The zero-order valence-corrected chi connectivity index (χ0v) is 12.1. The van der Waals surface area contributed by atoms with Crippen molar-refractivity contribution in [1.29, 1.82) is 0 Å². The summed E-state index contributed by atoms with van der Waals surface area (Å²) in [7, 11) is 1.73. The molecule has 1 fully saturated rings. The topological polar surface area (TPSA) is 41.6 Å². The fourth-order valence-electron chi connectivity index (χ4n) is 1.94. The smallest absolute Gasteiger partial charge is 0.414 e. The summed E-state index contributed by atoms with van der Waals surface area (Å²) < 4.78 is 5.34. The number of hydrogen-bond acceptors (Lipinski definition) is 3. The van der Waals surface area contributed by atoms with Gasteiger partial charge in [0.25, 0.3) is 0 Å². The van der Waals surface area contributed by atoms with Crippen molar-refractivity contribution in [3.63, 3.8) is 0 Å². The first-order chi connectivity index (χ1) is 8.87. The van der Waals surface area contributed by atoms with Crippen molar-refractivity contribution in [3.05, 3.63) is 29.8 Å². The predicted molar refractivity (Wildman–Crippen MR) is 76.4 cm³/mol. The van der Waals surface area contributed by atoms with E-state index in [-0.39, 0.29) is 6.09 Å². The molecule has 1 atom stereocenters. The summed E-state index contributed by atoms with van der Waals surface area (Å²) in [6, 6.07) is 8.51. The number of hydrogen-bond donors (Lipinski definition) is 1. The number of nitrogens with one attached hydrogen (secondary N) is 1. The van der Waals surface area contributed by atoms with E-state index in [0.29, 0.717) is 6.04 Å². The largest absolute Gasteiger partial charge is 0.443 e. The second-order valence-electron chi connectivity index (χ2n) is 5.93. The van der Waals surface area contributed by atoms with Crippen molar-refractivity contribution in [3.8, 4) is 0 Å². The first-order valence-electron chi connectivity index (χ1n) is 6.67. The molecule has 0 bridgehead atoms. The lowest BCUT2D eigenvalue weighted by molar-refractivity contribution is 0.0589. The van der Waals surface area contributed by atoms with Gasteiger partial charge in [0.2, 0.25) is 0 Å². The third-order valence-electron chi connectivity index (χ3n) is 3.17. The van der Waals surface area contributed by atoms with Crippen molar-refractivity contribution >= 4 is 11.8 Å². The summed E-state index contributed by atoms with van der Waals surface area (Å²) >= 11 is 0. The maximum Gasteiger partial charge on any atom is 0.414 e. The van der Waals surface area contributed by atoms with Gasteiger partial charge in [0.15, 0.2) is 0 Å². The Labute approximate surface area is 114 Å². The molecule has 0 aliphatic carbocycles. The molecule has 1 aliphatic heterocycles. The Hall–Kier alpha value is -1.55. The fourth-order valence-corrected chi connectivity index (χ4v) is 1.94. The van der Waals surface area contributed by atoms with Gasteiger partial charge >= 0.3 is 6.09 Å². The zero-order valence-electron chi connectivity index (χ0n) is 12.1. The normalized spacial score (nSPS) is 18.6. The van der Waals surface area contributed by atoms with Crippen LogP contribution in [-0.2, 0) is 4.74 Å². The van der Waals surface area contributed by atoms with Crippen molar-refractivity contribution in [2.24, 2.45) is 0 Å². The highest BCUT2D eigenvalue weighted by molar-refractivity contribution is 5.87. The summed E-state index contributed by atoms with van der Waals surface area (Å²) in [4.78, 5) is 13.5. The van der Waals surface area contributed by atoms with E-state index in [4.69, 9.17) is 4.74 Å². The molecule has 2 rings (SSSR count). The number of carbonyl (C=O) groups is 1. The molecule has 1 aliphatic rings. The van der Waals surface area contributed by atoms with Gasteiger partial charge in [-0.05, 0) is 51.4 Å². The lowest BCUT2D eigenvalue weighted by atomic mass is 9.98. The average Bonchev–Trinajstić information content (AvgIpc) is 2.24. The molecule has 1 amide bonds. The number of carbonyl (C=O) groups excluding carboxylic acids is 1. The third kappa shape index (κ3) is 3.47. The number of amides is 1. The van der Waals surface area contributed by atoms with Gasteiger partial charge in [-0.1, -0.05) is 12.1 Å². The Kier molecular flexibility index (Phi) is 3.80. The fraction of sp³-hybridized carbons (Fsp3) is 0.533. The molecule has 0 spiro atoms. The predicted octanol–water partition coefficient (Wildman–Crippen LogP) is 3.09. The maximum absolute atomic E-state index is 11.9. The molecule has 4 heteroatoms. The lowest BCUT2D eigenvalue weighted by Gasteiger charge is -2.29. The van der Waals surface area contributed by atoms with Gasteiger partial charge in [0, 0.05) is 18.8 Å². The molecule has 1 aromatic carbocycles. The Morgan fingerprint density at radius 3 is 2.32 bits per heavy atom. The molecular weight excluding hydrogens is 240 g/mol. The third-order valence-corrected chi connectivity index (χ3v) is 3.17. The van der Waals surface area contributed by atoms with Crippen molar-refractivity contribution in [1.82, 2.24) is 5.32 Å². The van der Waals surface area contributed by atoms with E-state index in [1.165, 1.54) is 16.9 Å². The van der Waals surface area contributed by atoms with Crippen LogP contribution in [-0.4, -0.2) is 25.3 Å². The molecule has 19 heavy (non-hydrogen) atoms. The monoisotopic (exact) mass is 262 g/mol. The van der Waals surface area contributed by atoms with Crippen LogP contribution in [0.4, 0.5) is 10.5 Å². The van der Waals surface area contributed by atoms with Crippen LogP contribution in [0.5, 0.6) is 0 Å². The summed E-state index contributed by atoms with van der Waals surface area (Å²) in [5, 5.41) is 3.36. The minimum Gasteiger partial charge on any atom is -0.443 e. The van der Waals surface area contributed by atoms with Gasteiger partial charge in [0.1, 0.15) is 5.60 Å². The number of anilines is 1. The van der Waals surface area contributed by atoms with E-state index >= 15 is 0 Å². The average molecular weight is 262 g/mol. The van der Waals surface area contributed by atoms with Gasteiger partial charge in [-0.3, -0.25) is 4.90 Å². The second-order valence-corrected chi connectivity index (χ2v) is 5.93. The van der Waals surface area contributed by atoms with Gasteiger partial charge in [0.05, 0.1) is 0 Å². The molecule has 4 nitrogen and oxygen atoms in total. The van der Waals surface area contributed by atoms with Crippen LogP contribution >= 0.6 is 0 Å². The SMILES string of the molecule is CN(C(=O)OC(C)(C)C)c1ccc(C2CCN2)cc1. The lowest BCUT2D eigenvalue weighted by Crippen LogP contribution is -2.35. The molecule has 104 valence electrons. The van der Waals surface area contributed by atoms with Crippen LogP contribution in [0.15, 0.2) is 24.3 Å². The maximum atomic E-state index is 11.9. The van der Waals surface area contributed by atoms with Gasteiger partial charge in [-0.15, -0.1) is 0 Å². The minimum absolute atomic E-state index is 0.331. The summed E-state index contributed by atoms with van der Waals surface area (Å²) in [5.41, 5.74) is 1.64. The van der Waals surface area contributed by atoms with E-state index in [2.05, 4.69) is 17.4 Å². The Morgan fingerprint density at radius 2 is 1.89 bits per heavy atom. The molecule has 0 radical (unpaired) electrons. The van der Waals surface area contributed by atoms with Crippen LogP contribution in [0, 0.1) is 0 Å². The summed E-state index contributed by atoms with van der Waals surface area (Å²) in [6.07, 6.45) is 0.850. The van der Waals surface area contributed by atoms with Crippen molar-refractivity contribution in [2.45, 2.75) is 38.8 Å². The molecule has 0 aromatic heterocycles. The van der Waals surface area contributed by atoms with Crippen LogP contribution in [0.1, 0.15) is 38.8 Å². The summed E-state index contributed by atoms with van der Waals surface area (Å²) in [6.45, 7) is 6.68.